The normalized spacial score (nSPS) is 20.2. The maximum Gasteiger partial charge on any atom is 0.236 e. The predicted octanol–water partition coefficient (Wildman–Crippen LogP) is 1.83. The van der Waals surface area contributed by atoms with E-state index in [0.717, 1.165) is 70.3 Å². The van der Waals surface area contributed by atoms with E-state index in [1.54, 1.807) is 17.0 Å². The molecule has 0 unspecified atom stereocenters. The van der Waals surface area contributed by atoms with Crippen molar-refractivity contribution in [2.75, 3.05) is 59.5 Å². The summed E-state index contributed by atoms with van der Waals surface area (Å²) in [5.41, 5.74) is 0.950. The van der Waals surface area contributed by atoms with Gasteiger partial charge in [0.1, 0.15) is 5.82 Å². The van der Waals surface area contributed by atoms with E-state index in [-0.39, 0.29) is 11.7 Å². The van der Waals surface area contributed by atoms with Crippen LogP contribution >= 0.6 is 0 Å². The third-order valence-electron chi connectivity index (χ3n) is 5.44. The van der Waals surface area contributed by atoms with Crippen LogP contribution in [0.5, 0.6) is 0 Å². The number of piperidine rings is 1. The third-order valence-corrected chi connectivity index (χ3v) is 5.44. The van der Waals surface area contributed by atoms with E-state index in [0.29, 0.717) is 13.1 Å². The number of likely N-dealkylation sites (N-methyl/N-ethyl adjacent to an activating group) is 1. The molecule has 2 aliphatic rings. The number of hydrogen-bond donors (Lipinski definition) is 0. The topological polar surface area (TPSA) is 36.0 Å². The first-order valence-corrected chi connectivity index (χ1v) is 9.61. The molecule has 144 valence electrons. The van der Waals surface area contributed by atoms with Gasteiger partial charge in [-0.3, -0.25) is 14.6 Å². The van der Waals surface area contributed by atoms with Gasteiger partial charge in [0.2, 0.25) is 5.91 Å². The van der Waals surface area contributed by atoms with Crippen molar-refractivity contribution >= 4 is 5.91 Å². The van der Waals surface area contributed by atoms with Crippen LogP contribution < -0.4 is 0 Å². The lowest BCUT2D eigenvalue weighted by Gasteiger charge is -2.36. The highest BCUT2D eigenvalue weighted by Crippen LogP contribution is 2.19. The smallest absolute Gasteiger partial charge is 0.236 e. The fraction of sp³-hybridized carbons (Fsp3) is 0.650. The highest BCUT2D eigenvalue weighted by Gasteiger charge is 2.24. The second-order valence-electron chi connectivity index (χ2n) is 7.51. The van der Waals surface area contributed by atoms with Crippen molar-refractivity contribution in [2.45, 2.75) is 19.4 Å². The maximum atomic E-state index is 13.0. The Labute approximate surface area is 155 Å². The van der Waals surface area contributed by atoms with Crippen LogP contribution in [0, 0.1) is 11.7 Å². The fourth-order valence-corrected chi connectivity index (χ4v) is 3.74. The first-order chi connectivity index (χ1) is 12.6. The number of rotatable bonds is 6. The number of carbonyl (C=O) groups excluding carboxylic acids is 1. The molecule has 2 aliphatic heterocycles. The van der Waals surface area contributed by atoms with E-state index in [1.165, 1.54) is 12.1 Å². The van der Waals surface area contributed by atoms with Crippen LogP contribution in [0.3, 0.4) is 0 Å². The van der Waals surface area contributed by atoms with Crippen molar-refractivity contribution in [2.24, 2.45) is 5.92 Å². The molecule has 26 heavy (non-hydrogen) atoms. The molecule has 2 heterocycles. The molecule has 0 aliphatic carbocycles. The van der Waals surface area contributed by atoms with Gasteiger partial charge < -0.3 is 9.64 Å². The van der Waals surface area contributed by atoms with Crippen molar-refractivity contribution < 1.29 is 13.9 Å². The Morgan fingerprint density at radius 3 is 2.42 bits per heavy atom. The van der Waals surface area contributed by atoms with Gasteiger partial charge in [-0.1, -0.05) is 12.1 Å². The Balaban J connectivity index is 1.37. The minimum Gasteiger partial charge on any atom is -0.379 e. The zero-order valence-electron chi connectivity index (χ0n) is 15.7. The lowest BCUT2D eigenvalue weighted by molar-refractivity contribution is -0.132. The third kappa shape index (κ3) is 5.76. The van der Waals surface area contributed by atoms with Gasteiger partial charge in [-0.25, -0.2) is 4.39 Å². The molecule has 0 bridgehead atoms. The molecule has 0 aromatic heterocycles. The van der Waals surface area contributed by atoms with Crippen molar-refractivity contribution in [3.63, 3.8) is 0 Å². The van der Waals surface area contributed by atoms with Crippen molar-refractivity contribution in [1.29, 1.82) is 0 Å². The summed E-state index contributed by atoms with van der Waals surface area (Å²) in [6.07, 6.45) is 2.32. The molecular formula is C20H30FN3O2. The summed E-state index contributed by atoms with van der Waals surface area (Å²) in [5, 5.41) is 0. The summed E-state index contributed by atoms with van der Waals surface area (Å²) < 4.78 is 18.4. The van der Waals surface area contributed by atoms with Crippen molar-refractivity contribution in [1.82, 2.24) is 14.7 Å². The number of amides is 1. The Morgan fingerprint density at radius 2 is 1.77 bits per heavy atom. The summed E-state index contributed by atoms with van der Waals surface area (Å²) in [7, 11) is 1.82. The van der Waals surface area contributed by atoms with Crippen LogP contribution in [0.25, 0.3) is 0 Å². The number of benzene rings is 1. The Hall–Kier alpha value is -1.50. The molecule has 2 saturated heterocycles. The van der Waals surface area contributed by atoms with E-state index >= 15 is 0 Å². The lowest BCUT2D eigenvalue weighted by atomic mass is 9.96. The zero-order valence-corrected chi connectivity index (χ0v) is 15.7. The molecule has 2 fully saturated rings. The van der Waals surface area contributed by atoms with Gasteiger partial charge in [0.05, 0.1) is 19.8 Å². The van der Waals surface area contributed by atoms with E-state index in [9.17, 15) is 9.18 Å². The number of hydrogen-bond acceptors (Lipinski definition) is 4. The van der Waals surface area contributed by atoms with Crippen molar-refractivity contribution in [3.8, 4) is 0 Å². The minimum atomic E-state index is -0.248. The SMILES string of the molecule is CN(Cc1ccc(F)cc1)C(=O)CN1CCC(CN2CCOCC2)CC1. The molecule has 5 nitrogen and oxygen atoms in total. The molecule has 1 aromatic carbocycles. The molecular weight excluding hydrogens is 333 g/mol. The van der Waals surface area contributed by atoms with Crippen LogP contribution in [0.4, 0.5) is 4.39 Å². The minimum absolute atomic E-state index is 0.126. The Morgan fingerprint density at radius 1 is 1.12 bits per heavy atom. The van der Waals surface area contributed by atoms with E-state index in [2.05, 4.69) is 9.80 Å². The maximum absolute atomic E-state index is 13.0. The first-order valence-electron chi connectivity index (χ1n) is 9.61. The summed E-state index contributed by atoms with van der Waals surface area (Å²) in [6, 6.07) is 6.34. The fourth-order valence-electron chi connectivity index (χ4n) is 3.74. The zero-order chi connectivity index (χ0) is 18.4. The summed E-state index contributed by atoms with van der Waals surface area (Å²) in [4.78, 5) is 19.0. The average molecular weight is 363 g/mol. The van der Waals surface area contributed by atoms with Gasteiger partial charge in [0, 0.05) is 33.2 Å². The molecule has 1 aromatic rings. The van der Waals surface area contributed by atoms with E-state index in [1.807, 2.05) is 7.05 Å². The van der Waals surface area contributed by atoms with Gasteiger partial charge in [-0.15, -0.1) is 0 Å². The molecule has 6 heteroatoms. The molecule has 0 radical (unpaired) electrons. The second kappa shape index (κ2) is 9.44. The Bertz CT molecular complexity index is 567. The molecule has 0 saturated carbocycles. The molecule has 0 spiro atoms. The number of carbonyl (C=O) groups is 1. The van der Waals surface area contributed by atoms with E-state index in [4.69, 9.17) is 4.74 Å². The standard InChI is InChI=1S/C20H30FN3O2/c1-22(14-17-2-4-19(21)5-3-17)20(25)16-23-8-6-18(7-9-23)15-24-10-12-26-13-11-24/h2-5,18H,6-16H2,1H3. The van der Waals surface area contributed by atoms with Gasteiger partial charge >= 0.3 is 0 Å². The Kier molecular flexibility index (Phi) is 7.00. The van der Waals surface area contributed by atoms with Crippen LogP contribution in [0.15, 0.2) is 24.3 Å². The van der Waals surface area contributed by atoms with Crippen LogP contribution in [-0.4, -0.2) is 80.1 Å². The number of likely N-dealkylation sites (tertiary alicyclic amines) is 1. The van der Waals surface area contributed by atoms with Crippen molar-refractivity contribution in [3.05, 3.63) is 35.6 Å². The monoisotopic (exact) mass is 363 g/mol. The van der Waals surface area contributed by atoms with E-state index < -0.39 is 0 Å². The van der Waals surface area contributed by atoms with Crippen LogP contribution in [-0.2, 0) is 16.1 Å². The number of halogens is 1. The highest BCUT2D eigenvalue weighted by atomic mass is 19.1. The number of morpholine rings is 1. The van der Waals surface area contributed by atoms with Gasteiger partial charge in [0.25, 0.3) is 0 Å². The quantitative estimate of drug-likeness (QED) is 0.773. The van der Waals surface area contributed by atoms with Gasteiger partial charge in [-0.2, -0.15) is 0 Å². The molecule has 3 rings (SSSR count). The largest absolute Gasteiger partial charge is 0.379 e. The van der Waals surface area contributed by atoms with Gasteiger partial charge in [0.15, 0.2) is 0 Å². The highest BCUT2D eigenvalue weighted by molar-refractivity contribution is 5.78. The lowest BCUT2D eigenvalue weighted by Crippen LogP contribution is -2.45. The molecule has 1 amide bonds. The summed E-state index contributed by atoms with van der Waals surface area (Å²) >= 11 is 0. The summed E-state index contributed by atoms with van der Waals surface area (Å²) in [6.45, 7) is 7.95. The number of nitrogens with zero attached hydrogens (tertiary/aromatic N) is 3. The van der Waals surface area contributed by atoms with Crippen LogP contribution in [0.1, 0.15) is 18.4 Å². The van der Waals surface area contributed by atoms with Gasteiger partial charge in [-0.05, 0) is 49.5 Å². The molecule has 0 N–H and O–H groups in total. The molecule has 0 atom stereocenters. The predicted molar refractivity (Wildman–Crippen MR) is 99.3 cm³/mol. The van der Waals surface area contributed by atoms with Crippen LogP contribution in [0.2, 0.25) is 0 Å². The first kappa shape index (κ1) is 19.3. The summed E-state index contributed by atoms with van der Waals surface area (Å²) in [5.74, 6) is 0.611. The average Bonchev–Trinajstić information content (AvgIpc) is 2.66. The second-order valence-corrected chi connectivity index (χ2v) is 7.51. The number of ether oxygens (including phenoxy) is 1.